The molecular weight excluding hydrogens is 693 g/mol. The zero-order valence-electron chi connectivity index (χ0n) is 32.1. The van der Waals surface area contributed by atoms with Crippen LogP contribution in [0.3, 0.4) is 0 Å². The summed E-state index contributed by atoms with van der Waals surface area (Å²) < 4.78 is 27.8. The van der Waals surface area contributed by atoms with Crippen molar-refractivity contribution in [3.05, 3.63) is 47.9 Å². The lowest BCUT2D eigenvalue weighted by atomic mass is 9.83. The number of halogens is 1. The largest absolute Gasteiger partial charge is 0.476 e. The summed E-state index contributed by atoms with van der Waals surface area (Å²) in [5.74, 6) is 0.102. The van der Waals surface area contributed by atoms with E-state index in [1.165, 1.54) is 18.2 Å². The maximum absolute atomic E-state index is 14.0. The quantitative estimate of drug-likeness (QED) is 0.285. The molecule has 292 valence electrons. The third kappa shape index (κ3) is 8.34. The Morgan fingerprint density at radius 2 is 1.65 bits per heavy atom. The highest BCUT2D eigenvalue weighted by Gasteiger charge is 2.49. The third-order valence-electron chi connectivity index (χ3n) is 11.7. The van der Waals surface area contributed by atoms with E-state index in [0.717, 1.165) is 44.4 Å². The van der Waals surface area contributed by atoms with Gasteiger partial charge in [0.15, 0.2) is 0 Å². The number of likely N-dealkylation sites (tertiary alicyclic amines) is 3. The first kappa shape index (κ1) is 38.0. The van der Waals surface area contributed by atoms with Crippen LogP contribution in [0.15, 0.2) is 36.5 Å². The number of fused-ring (bicyclic) bond motifs is 3. The number of nitrogens with zero attached hydrogens (tertiary/aromatic N) is 6. The minimum atomic E-state index is -0.671. The summed E-state index contributed by atoms with van der Waals surface area (Å²) in [7, 11) is 0. The molecule has 2 bridgehead atoms. The van der Waals surface area contributed by atoms with Gasteiger partial charge in [-0.05, 0) is 117 Å². The summed E-state index contributed by atoms with van der Waals surface area (Å²) in [4.78, 5) is 55.3. The van der Waals surface area contributed by atoms with E-state index >= 15 is 0 Å². The number of piperidine rings is 1. The van der Waals surface area contributed by atoms with Crippen molar-refractivity contribution in [3.8, 4) is 5.88 Å². The number of rotatable bonds is 9. The molecule has 13 nitrogen and oxygen atoms in total. The molecular formula is C40H54FN7O6. The van der Waals surface area contributed by atoms with Gasteiger partial charge in [-0.15, -0.1) is 0 Å². The fraction of sp³-hybridized carbons (Fsp3) is 0.625. The number of hydrogen-bond donors (Lipinski definition) is 2. The summed E-state index contributed by atoms with van der Waals surface area (Å²) in [6.07, 6.45) is 6.70. The smallest absolute Gasteiger partial charge is 0.410 e. The number of hydrogen-bond acceptors (Lipinski definition) is 9. The number of anilines is 1. The number of aliphatic hydroxyl groups is 1. The van der Waals surface area contributed by atoms with Gasteiger partial charge in [0.05, 0.1) is 29.4 Å². The standard InChI is InChI=1S/C40H54FN7O6/c1-39(2,3)54-38(51)47-24-30-20-31(47)23-46(30)36(50)25-9-11-29(12-10-25)48-33-21-34(53-18-17-45-15-13-27(14-16-45)40(4,5)52)42-22-32(33)43-37(48)44-35(49)26-7-6-8-28(41)19-26/h6-8,19,21-22,25,27,29-31,52H,9-18,20,23-24H2,1-5H3,(H,43,44,49)/t25?,29?,30-,31-/m1/s1. The van der Waals surface area contributed by atoms with Crippen molar-refractivity contribution in [2.24, 2.45) is 11.8 Å². The number of carbonyl (C=O) groups excluding carboxylic acids is 3. The Morgan fingerprint density at radius 1 is 0.944 bits per heavy atom. The Morgan fingerprint density at radius 3 is 2.30 bits per heavy atom. The molecule has 4 fully saturated rings. The molecule has 0 unspecified atom stereocenters. The molecule has 1 aliphatic carbocycles. The highest BCUT2D eigenvalue weighted by Crippen LogP contribution is 2.40. The van der Waals surface area contributed by atoms with E-state index in [4.69, 9.17) is 14.5 Å². The summed E-state index contributed by atoms with van der Waals surface area (Å²) in [6, 6.07) is 7.31. The highest BCUT2D eigenvalue weighted by molar-refractivity contribution is 6.04. The Labute approximate surface area is 316 Å². The average Bonchev–Trinajstić information content (AvgIpc) is 3.84. The molecule has 3 aromatic rings. The number of nitrogens with one attached hydrogen (secondary N) is 1. The normalized spacial score (nSPS) is 23.9. The van der Waals surface area contributed by atoms with Crippen molar-refractivity contribution in [2.75, 3.05) is 44.6 Å². The number of carbonyl (C=O) groups is 3. The number of benzene rings is 1. The van der Waals surface area contributed by atoms with Crippen LogP contribution in [0.5, 0.6) is 5.88 Å². The van der Waals surface area contributed by atoms with E-state index in [-0.39, 0.29) is 47.5 Å². The van der Waals surface area contributed by atoms with Crippen LogP contribution >= 0.6 is 0 Å². The Bertz CT molecular complexity index is 1850. The third-order valence-corrected chi connectivity index (χ3v) is 11.7. The SMILES string of the molecule is CC(C)(C)OC(=O)N1C[C@H]2C[C@@H]1CN2C(=O)C1CCC(n2c(NC(=O)c3cccc(F)c3)nc3cnc(OCCN4CCC(C(C)(C)O)CC4)cc32)CC1. The van der Waals surface area contributed by atoms with Crippen LogP contribution in [0.4, 0.5) is 15.1 Å². The minimum absolute atomic E-state index is 0.000381. The van der Waals surface area contributed by atoms with Crippen LogP contribution < -0.4 is 10.1 Å². The first-order valence-electron chi connectivity index (χ1n) is 19.5. The minimum Gasteiger partial charge on any atom is -0.476 e. The van der Waals surface area contributed by atoms with Gasteiger partial charge >= 0.3 is 6.09 Å². The number of amides is 3. The first-order chi connectivity index (χ1) is 25.6. The molecule has 2 N–H and O–H groups in total. The molecule has 14 heteroatoms. The van der Waals surface area contributed by atoms with Crippen LogP contribution in [0.1, 0.15) is 96.0 Å². The summed E-state index contributed by atoms with van der Waals surface area (Å²) >= 11 is 0. The number of pyridine rings is 1. The molecule has 2 atom stereocenters. The Kier molecular flexibility index (Phi) is 10.6. The maximum Gasteiger partial charge on any atom is 0.410 e. The number of aromatic nitrogens is 3. The van der Waals surface area contributed by atoms with E-state index in [1.54, 1.807) is 17.2 Å². The summed E-state index contributed by atoms with van der Waals surface area (Å²) in [5.41, 5.74) is 0.288. The molecule has 1 saturated carbocycles. The van der Waals surface area contributed by atoms with Gasteiger partial charge in [0.25, 0.3) is 5.91 Å². The molecule has 7 rings (SSSR count). The Hall–Kier alpha value is -4.30. The lowest BCUT2D eigenvalue weighted by Crippen LogP contribution is -2.53. The van der Waals surface area contributed by atoms with E-state index in [1.807, 2.05) is 50.2 Å². The summed E-state index contributed by atoms with van der Waals surface area (Å²) in [5, 5.41) is 13.3. The predicted molar refractivity (Wildman–Crippen MR) is 201 cm³/mol. The van der Waals surface area contributed by atoms with Crippen molar-refractivity contribution >= 4 is 34.9 Å². The fourth-order valence-electron chi connectivity index (χ4n) is 8.76. The van der Waals surface area contributed by atoms with Gasteiger partial charge in [-0.25, -0.2) is 19.2 Å². The first-order valence-corrected chi connectivity index (χ1v) is 19.5. The monoisotopic (exact) mass is 747 g/mol. The van der Waals surface area contributed by atoms with Gasteiger partial charge in [0, 0.05) is 43.2 Å². The fourth-order valence-corrected chi connectivity index (χ4v) is 8.76. The molecule has 3 amide bonds. The van der Waals surface area contributed by atoms with Crippen LogP contribution in [0, 0.1) is 17.7 Å². The average molecular weight is 748 g/mol. The van der Waals surface area contributed by atoms with Gasteiger partial charge in [-0.2, -0.15) is 0 Å². The molecule has 54 heavy (non-hydrogen) atoms. The van der Waals surface area contributed by atoms with Crippen LogP contribution in [-0.4, -0.2) is 115 Å². The van der Waals surface area contributed by atoms with Gasteiger partial charge in [-0.3, -0.25) is 19.8 Å². The molecule has 2 aromatic heterocycles. The molecule has 5 heterocycles. The second-order valence-electron chi connectivity index (χ2n) is 17.1. The van der Waals surface area contributed by atoms with Crippen LogP contribution in [0.25, 0.3) is 11.0 Å². The zero-order valence-corrected chi connectivity index (χ0v) is 32.1. The van der Waals surface area contributed by atoms with E-state index < -0.39 is 22.9 Å². The van der Waals surface area contributed by atoms with Crippen molar-refractivity contribution < 1.29 is 33.4 Å². The number of imidazole rings is 1. The molecule has 3 aliphatic heterocycles. The Balaban J connectivity index is 1.03. The molecule has 0 spiro atoms. The lowest BCUT2D eigenvalue weighted by Gasteiger charge is -2.38. The molecule has 3 saturated heterocycles. The van der Waals surface area contributed by atoms with Gasteiger partial charge in [0.1, 0.15) is 23.5 Å². The van der Waals surface area contributed by atoms with Crippen LogP contribution in [0.2, 0.25) is 0 Å². The molecule has 0 radical (unpaired) electrons. The van der Waals surface area contributed by atoms with Gasteiger partial charge in [0.2, 0.25) is 17.7 Å². The second kappa shape index (κ2) is 15.1. The molecule has 1 aromatic carbocycles. The van der Waals surface area contributed by atoms with Crippen molar-refractivity contribution in [1.29, 1.82) is 0 Å². The second-order valence-corrected chi connectivity index (χ2v) is 17.1. The van der Waals surface area contributed by atoms with E-state index in [0.29, 0.717) is 62.7 Å². The predicted octanol–water partition coefficient (Wildman–Crippen LogP) is 5.64. The van der Waals surface area contributed by atoms with E-state index in [9.17, 15) is 23.9 Å². The van der Waals surface area contributed by atoms with Crippen molar-refractivity contribution in [1.82, 2.24) is 29.2 Å². The van der Waals surface area contributed by atoms with Gasteiger partial charge < -0.3 is 28.9 Å². The lowest BCUT2D eigenvalue weighted by molar-refractivity contribution is -0.139. The summed E-state index contributed by atoms with van der Waals surface area (Å²) in [6.45, 7) is 13.4. The topological polar surface area (TPSA) is 142 Å². The number of ether oxygens (including phenoxy) is 2. The highest BCUT2D eigenvalue weighted by atomic mass is 19.1. The van der Waals surface area contributed by atoms with Crippen LogP contribution in [-0.2, 0) is 9.53 Å². The maximum atomic E-state index is 14.0. The van der Waals surface area contributed by atoms with Gasteiger partial charge in [-0.1, -0.05) is 6.07 Å². The van der Waals surface area contributed by atoms with E-state index in [2.05, 4.69) is 15.2 Å². The van der Waals surface area contributed by atoms with Crippen molar-refractivity contribution in [2.45, 2.75) is 109 Å². The number of piperazine rings is 1. The zero-order chi connectivity index (χ0) is 38.4. The molecule has 4 aliphatic rings. The van der Waals surface area contributed by atoms with Crippen molar-refractivity contribution in [3.63, 3.8) is 0 Å².